The maximum Gasteiger partial charge on any atom is 0.223 e. The van der Waals surface area contributed by atoms with Crippen molar-refractivity contribution in [3.8, 4) is 0 Å². The summed E-state index contributed by atoms with van der Waals surface area (Å²) in [6.45, 7) is 3.21. The van der Waals surface area contributed by atoms with Crippen LogP contribution in [0.5, 0.6) is 0 Å². The fourth-order valence-electron chi connectivity index (χ4n) is 3.86. The average Bonchev–Trinajstić information content (AvgIpc) is 3.04. The number of carbonyl (C=O) groups is 1. The van der Waals surface area contributed by atoms with Crippen LogP contribution in [0.25, 0.3) is 0 Å². The number of likely N-dealkylation sites (tertiary alicyclic amines) is 1. The summed E-state index contributed by atoms with van der Waals surface area (Å²) < 4.78 is 0. The summed E-state index contributed by atoms with van der Waals surface area (Å²) in [5.74, 6) is 1.08. The Kier molecular flexibility index (Phi) is 4.91. The van der Waals surface area contributed by atoms with E-state index >= 15 is 0 Å². The second-order valence-electron chi connectivity index (χ2n) is 6.37. The van der Waals surface area contributed by atoms with E-state index in [0.29, 0.717) is 18.4 Å². The number of piperidine rings is 1. The first-order valence-electron chi connectivity index (χ1n) is 8.39. The van der Waals surface area contributed by atoms with Crippen molar-refractivity contribution in [1.29, 1.82) is 0 Å². The van der Waals surface area contributed by atoms with E-state index in [1.807, 2.05) is 18.2 Å². The van der Waals surface area contributed by atoms with Crippen LogP contribution in [0.15, 0.2) is 30.3 Å². The lowest BCUT2D eigenvalue weighted by atomic mass is 9.88. The molecule has 2 heterocycles. The minimum absolute atomic E-state index is 0.361. The topological polar surface area (TPSA) is 32.3 Å². The molecule has 2 aliphatic rings. The highest BCUT2D eigenvalue weighted by Gasteiger charge is 2.34. The Morgan fingerprint density at radius 1 is 1.14 bits per heavy atom. The molecule has 2 fully saturated rings. The Morgan fingerprint density at radius 2 is 1.90 bits per heavy atom. The van der Waals surface area contributed by atoms with Gasteiger partial charge < -0.3 is 10.2 Å². The van der Waals surface area contributed by atoms with Crippen LogP contribution < -0.4 is 5.32 Å². The van der Waals surface area contributed by atoms with Gasteiger partial charge >= 0.3 is 0 Å². The standard InChI is InChI=1S/C18H26N2O/c21-18(9-8-15-5-2-1-3-6-15)20-14-4-7-17(20)16-10-12-19-13-11-16/h1-3,5-6,16-17,19H,4,7-14H2/t17-/m1/s1. The lowest BCUT2D eigenvalue weighted by molar-refractivity contribution is -0.133. The molecule has 2 aliphatic heterocycles. The zero-order valence-electron chi connectivity index (χ0n) is 12.8. The third-order valence-corrected chi connectivity index (χ3v) is 5.02. The lowest BCUT2D eigenvalue weighted by Gasteiger charge is -2.34. The van der Waals surface area contributed by atoms with E-state index < -0.39 is 0 Å². The maximum absolute atomic E-state index is 12.6. The van der Waals surface area contributed by atoms with Gasteiger partial charge in [0.05, 0.1) is 0 Å². The molecule has 0 spiro atoms. The molecule has 1 aromatic rings. The second-order valence-corrected chi connectivity index (χ2v) is 6.37. The minimum Gasteiger partial charge on any atom is -0.339 e. The van der Waals surface area contributed by atoms with Gasteiger partial charge in [0.25, 0.3) is 0 Å². The van der Waals surface area contributed by atoms with E-state index in [1.165, 1.54) is 31.2 Å². The SMILES string of the molecule is O=C(CCc1ccccc1)N1CCC[C@@H]1C1CCNCC1. The van der Waals surface area contributed by atoms with Gasteiger partial charge in [-0.15, -0.1) is 0 Å². The first kappa shape index (κ1) is 14.6. The van der Waals surface area contributed by atoms with Crippen LogP contribution in [0.1, 0.15) is 37.7 Å². The summed E-state index contributed by atoms with van der Waals surface area (Å²) in [6.07, 6.45) is 6.38. The van der Waals surface area contributed by atoms with Gasteiger partial charge in [0.2, 0.25) is 5.91 Å². The molecule has 3 nitrogen and oxygen atoms in total. The molecular weight excluding hydrogens is 260 g/mol. The number of amides is 1. The smallest absolute Gasteiger partial charge is 0.223 e. The third kappa shape index (κ3) is 3.65. The van der Waals surface area contributed by atoms with Gasteiger partial charge in [0, 0.05) is 19.0 Å². The Labute approximate surface area is 127 Å². The number of rotatable bonds is 4. The quantitative estimate of drug-likeness (QED) is 0.923. The number of nitrogens with one attached hydrogen (secondary N) is 1. The maximum atomic E-state index is 12.6. The van der Waals surface area contributed by atoms with E-state index in [1.54, 1.807) is 0 Å². The summed E-state index contributed by atoms with van der Waals surface area (Å²) in [5, 5.41) is 3.43. The van der Waals surface area contributed by atoms with Gasteiger partial charge in [-0.25, -0.2) is 0 Å². The molecule has 0 aromatic heterocycles. The van der Waals surface area contributed by atoms with E-state index in [2.05, 4.69) is 22.3 Å². The van der Waals surface area contributed by atoms with Crippen molar-refractivity contribution in [3.63, 3.8) is 0 Å². The molecule has 0 saturated carbocycles. The van der Waals surface area contributed by atoms with Gasteiger partial charge in [-0.2, -0.15) is 0 Å². The van der Waals surface area contributed by atoms with Gasteiger partial charge in [0.15, 0.2) is 0 Å². The van der Waals surface area contributed by atoms with Crippen LogP contribution in [0.4, 0.5) is 0 Å². The van der Waals surface area contributed by atoms with Crippen LogP contribution in [0.3, 0.4) is 0 Å². The minimum atomic E-state index is 0.361. The average molecular weight is 286 g/mol. The van der Waals surface area contributed by atoms with Gasteiger partial charge in [0.1, 0.15) is 0 Å². The summed E-state index contributed by atoms with van der Waals surface area (Å²) in [5.41, 5.74) is 1.27. The third-order valence-electron chi connectivity index (χ3n) is 5.02. The largest absolute Gasteiger partial charge is 0.339 e. The number of benzene rings is 1. The molecule has 0 aliphatic carbocycles. The molecule has 1 N–H and O–H groups in total. The predicted octanol–water partition coefficient (Wildman–Crippen LogP) is 2.61. The van der Waals surface area contributed by atoms with Crippen LogP contribution >= 0.6 is 0 Å². The number of nitrogens with zero attached hydrogens (tertiary/aromatic N) is 1. The lowest BCUT2D eigenvalue weighted by Crippen LogP contribution is -2.43. The van der Waals surface area contributed by atoms with Gasteiger partial charge in [-0.1, -0.05) is 30.3 Å². The summed E-state index contributed by atoms with van der Waals surface area (Å²) in [7, 11) is 0. The van der Waals surface area contributed by atoms with Gasteiger partial charge in [-0.05, 0) is 56.7 Å². The fraction of sp³-hybridized carbons (Fsp3) is 0.611. The Bertz CT molecular complexity index is 454. The van der Waals surface area contributed by atoms with Crippen LogP contribution in [-0.4, -0.2) is 36.5 Å². The Morgan fingerprint density at radius 3 is 2.67 bits per heavy atom. The predicted molar refractivity (Wildman–Crippen MR) is 85.1 cm³/mol. The molecule has 1 atom stereocenters. The number of aryl methyl sites for hydroxylation is 1. The summed E-state index contributed by atoms with van der Waals surface area (Å²) >= 11 is 0. The molecule has 114 valence electrons. The second kappa shape index (κ2) is 7.08. The van der Waals surface area contributed by atoms with Crippen LogP contribution in [-0.2, 0) is 11.2 Å². The van der Waals surface area contributed by atoms with Crippen molar-refractivity contribution < 1.29 is 4.79 Å². The van der Waals surface area contributed by atoms with E-state index in [9.17, 15) is 4.79 Å². The zero-order chi connectivity index (χ0) is 14.5. The van der Waals surface area contributed by atoms with Crippen molar-refractivity contribution >= 4 is 5.91 Å². The molecule has 0 bridgehead atoms. The number of carbonyl (C=O) groups excluding carboxylic acids is 1. The highest BCUT2D eigenvalue weighted by molar-refractivity contribution is 5.77. The molecule has 0 radical (unpaired) electrons. The van der Waals surface area contributed by atoms with Crippen LogP contribution in [0.2, 0.25) is 0 Å². The van der Waals surface area contributed by atoms with Crippen molar-refractivity contribution in [1.82, 2.24) is 10.2 Å². The molecule has 1 amide bonds. The van der Waals surface area contributed by atoms with Crippen molar-refractivity contribution in [3.05, 3.63) is 35.9 Å². The molecule has 0 unspecified atom stereocenters. The van der Waals surface area contributed by atoms with E-state index in [4.69, 9.17) is 0 Å². The fourth-order valence-corrected chi connectivity index (χ4v) is 3.86. The van der Waals surface area contributed by atoms with Gasteiger partial charge in [-0.3, -0.25) is 4.79 Å². The number of hydrogen-bond acceptors (Lipinski definition) is 2. The molecule has 3 heteroatoms. The summed E-state index contributed by atoms with van der Waals surface area (Å²) in [6, 6.07) is 10.9. The van der Waals surface area contributed by atoms with Crippen molar-refractivity contribution in [2.75, 3.05) is 19.6 Å². The summed E-state index contributed by atoms with van der Waals surface area (Å²) in [4.78, 5) is 14.8. The normalized spacial score (nSPS) is 23.4. The first-order valence-corrected chi connectivity index (χ1v) is 8.39. The highest BCUT2D eigenvalue weighted by Crippen LogP contribution is 2.30. The molecule has 21 heavy (non-hydrogen) atoms. The van der Waals surface area contributed by atoms with Crippen molar-refractivity contribution in [2.24, 2.45) is 5.92 Å². The highest BCUT2D eigenvalue weighted by atomic mass is 16.2. The molecular formula is C18H26N2O. The molecule has 2 saturated heterocycles. The Hall–Kier alpha value is -1.35. The first-order chi connectivity index (χ1) is 10.3. The monoisotopic (exact) mass is 286 g/mol. The molecule has 1 aromatic carbocycles. The van der Waals surface area contributed by atoms with Crippen molar-refractivity contribution in [2.45, 2.75) is 44.6 Å². The van der Waals surface area contributed by atoms with Crippen LogP contribution in [0, 0.1) is 5.92 Å². The Balaban J connectivity index is 1.55. The number of hydrogen-bond donors (Lipinski definition) is 1. The zero-order valence-corrected chi connectivity index (χ0v) is 12.8. The van der Waals surface area contributed by atoms with E-state index in [-0.39, 0.29) is 0 Å². The van der Waals surface area contributed by atoms with E-state index in [0.717, 1.165) is 32.0 Å². The molecule has 3 rings (SSSR count).